The van der Waals surface area contributed by atoms with Crippen molar-refractivity contribution in [2.75, 3.05) is 0 Å². The lowest BCUT2D eigenvalue weighted by atomic mass is 9.96. The molecule has 19 heavy (non-hydrogen) atoms. The van der Waals surface area contributed by atoms with E-state index in [4.69, 9.17) is 10.8 Å². The second-order valence-corrected chi connectivity index (χ2v) is 5.69. The van der Waals surface area contributed by atoms with Crippen LogP contribution in [0, 0.1) is 0 Å². The molecule has 0 aliphatic heterocycles. The summed E-state index contributed by atoms with van der Waals surface area (Å²) in [6.07, 6.45) is 6.31. The van der Waals surface area contributed by atoms with Gasteiger partial charge in [-0.1, -0.05) is 57.4 Å². The van der Waals surface area contributed by atoms with Gasteiger partial charge in [0.15, 0.2) is 0 Å². The smallest absolute Gasteiger partial charge is 0.142 e. The molecule has 1 saturated carbocycles. The lowest BCUT2D eigenvalue weighted by Gasteiger charge is -2.19. The number of hydrogen-bond donors (Lipinski definition) is 2. The van der Waals surface area contributed by atoms with E-state index in [0.29, 0.717) is 12.0 Å². The maximum absolute atomic E-state index is 5.64. The normalized spacial score (nSPS) is 17.8. The maximum atomic E-state index is 5.64. The van der Waals surface area contributed by atoms with E-state index in [1.54, 1.807) is 0 Å². The molecule has 0 unspecified atom stereocenters. The Bertz CT molecular complexity index is 414. The van der Waals surface area contributed by atoms with E-state index in [1.807, 2.05) is 0 Å². The van der Waals surface area contributed by atoms with E-state index in [9.17, 15) is 0 Å². The Labute approximate surface area is 116 Å². The van der Waals surface area contributed by atoms with Gasteiger partial charge in [0.25, 0.3) is 0 Å². The van der Waals surface area contributed by atoms with Crippen molar-refractivity contribution in [3.63, 3.8) is 0 Å². The van der Waals surface area contributed by atoms with Gasteiger partial charge >= 0.3 is 0 Å². The van der Waals surface area contributed by atoms with Crippen LogP contribution in [0.3, 0.4) is 0 Å². The molecule has 0 amide bonds. The van der Waals surface area contributed by atoms with Crippen molar-refractivity contribution >= 4 is 5.84 Å². The molecule has 3 nitrogen and oxygen atoms in total. The molecule has 0 atom stereocenters. The fraction of sp³-hybridized carbons (Fsp3) is 0.562. The van der Waals surface area contributed by atoms with Gasteiger partial charge in [-0.25, -0.2) is 5.84 Å². The molecule has 0 radical (unpaired) electrons. The first-order chi connectivity index (χ1) is 9.20. The molecule has 0 heterocycles. The molecule has 1 aromatic carbocycles. The van der Waals surface area contributed by atoms with E-state index in [1.165, 1.54) is 37.7 Å². The van der Waals surface area contributed by atoms with Gasteiger partial charge in [-0.05, 0) is 24.3 Å². The van der Waals surface area contributed by atoms with Crippen LogP contribution in [0.5, 0.6) is 0 Å². The van der Waals surface area contributed by atoms with Crippen molar-refractivity contribution in [2.45, 2.75) is 57.9 Å². The van der Waals surface area contributed by atoms with Crippen LogP contribution in [0.2, 0.25) is 0 Å². The number of aliphatic imine (C=N–C) groups is 1. The second-order valence-electron chi connectivity index (χ2n) is 5.69. The first-order valence-corrected chi connectivity index (χ1v) is 7.35. The summed E-state index contributed by atoms with van der Waals surface area (Å²) in [5.74, 6) is 7.01. The van der Waals surface area contributed by atoms with E-state index in [-0.39, 0.29) is 0 Å². The molecule has 0 spiro atoms. The topological polar surface area (TPSA) is 50.4 Å². The SMILES string of the molecule is CC(C)c1ccc(C(=NC2CCCCC2)NN)cc1. The summed E-state index contributed by atoms with van der Waals surface area (Å²) in [5.41, 5.74) is 5.19. The Morgan fingerprint density at radius 2 is 1.79 bits per heavy atom. The van der Waals surface area contributed by atoms with Gasteiger partial charge in [0.05, 0.1) is 6.04 Å². The molecule has 1 aliphatic carbocycles. The van der Waals surface area contributed by atoms with Gasteiger partial charge in [-0.3, -0.25) is 4.99 Å². The van der Waals surface area contributed by atoms with Crippen LogP contribution >= 0.6 is 0 Å². The van der Waals surface area contributed by atoms with Crippen molar-refractivity contribution in [3.05, 3.63) is 35.4 Å². The fourth-order valence-electron chi connectivity index (χ4n) is 2.61. The third kappa shape index (κ3) is 3.80. The summed E-state index contributed by atoms with van der Waals surface area (Å²) in [4.78, 5) is 4.78. The van der Waals surface area contributed by atoms with Gasteiger partial charge in [0.1, 0.15) is 5.84 Å². The molecule has 2 rings (SSSR count). The molecular formula is C16H25N3. The number of nitrogens with two attached hydrogens (primary N) is 1. The standard InChI is InChI=1S/C16H25N3/c1-12(2)13-8-10-14(11-9-13)16(19-17)18-15-6-4-3-5-7-15/h8-12,15H,3-7,17H2,1-2H3,(H,18,19). The molecule has 104 valence electrons. The van der Waals surface area contributed by atoms with Crippen LogP contribution in [0.15, 0.2) is 29.3 Å². The Balaban J connectivity index is 2.13. The van der Waals surface area contributed by atoms with Crippen molar-refractivity contribution in [3.8, 4) is 0 Å². The van der Waals surface area contributed by atoms with Crippen LogP contribution < -0.4 is 11.3 Å². The maximum Gasteiger partial charge on any atom is 0.142 e. The zero-order valence-corrected chi connectivity index (χ0v) is 12.0. The van der Waals surface area contributed by atoms with Gasteiger partial charge in [0, 0.05) is 5.56 Å². The van der Waals surface area contributed by atoms with Gasteiger partial charge in [-0.2, -0.15) is 0 Å². The molecule has 3 heteroatoms. The summed E-state index contributed by atoms with van der Waals surface area (Å²) >= 11 is 0. The molecule has 0 saturated heterocycles. The van der Waals surface area contributed by atoms with Crippen LogP contribution in [-0.4, -0.2) is 11.9 Å². The molecule has 3 N–H and O–H groups in total. The van der Waals surface area contributed by atoms with Crippen molar-refractivity contribution < 1.29 is 0 Å². The van der Waals surface area contributed by atoms with Crippen molar-refractivity contribution in [1.29, 1.82) is 0 Å². The molecule has 1 aromatic rings. The predicted octanol–water partition coefficient (Wildman–Crippen LogP) is 3.35. The minimum absolute atomic E-state index is 0.435. The number of hydrazine groups is 1. The predicted molar refractivity (Wildman–Crippen MR) is 81.3 cm³/mol. The summed E-state index contributed by atoms with van der Waals surface area (Å²) in [5, 5.41) is 0. The molecule has 0 bridgehead atoms. The Hall–Kier alpha value is -1.35. The summed E-state index contributed by atoms with van der Waals surface area (Å²) < 4.78 is 0. The van der Waals surface area contributed by atoms with E-state index in [0.717, 1.165) is 11.4 Å². The van der Waals surface area contributed by atoms with Crippen molar-refractivity contribution in [2.24, 2.45) is 10.8 Å². The lowest BCUT2D eigenvalue weighted by Crippen LogP contribution is -2.32. The highest BCUT2D eigenvalue weighted by molar-refractivity contribution is 5.98. The average Bonchev–Trinajstić information content (AvgIpc) is 2.46. The highest BCUT2D eigenvalue weighted by atomic mass is 15.3. The monoisotopic (exact) mass is 259 g/mol. The highest BCUT2D eigenvalue weighted by Crippen LogP contribution is 2.21. The molecule has 1 aliphatic rings. The van der Waals surface area contributed by atoms with Gasteiger partial charge < -0.3 is 5.43 Å². The third-order valence-electron chi connectivity index (χ3n) is 3.87. The number of benzene rings is 1. The number of nitrogens with zero attached hydrogens (tertiary/aromatic N) is 1. The quantitative estimate of drug-likeness (QED) is 0.378. The number of nitrogens with one attached hydrogen (secondary N) is 1. The lowest BCUT2D eigenvalue weighted by molar-refractivity contribution is 0.442. The average molecular weight is 259 g/mol. The van der Waals surface area contributed by atoms with Crippen LogP contribution in [-0.2, 0) is 0 Å². The summed E-state index contributed by atoms with van der Waals surface area (Å²) in [7, 11) is 0. The number of hydrogen-bond acceptors (Lipinski definition) is 2. The highest BCUT2D eigenvalue weighted by Gasteiger charge is 2.13. The van der Waals surface area contributed by atoms with Crippen molar-refractivity contribution in [1.82, 2.24) is 5.43 Å². The van der Waals surface area contributed by atoms with Crippen LogP contribution in [0.25, 0.3) is 0 Å². The Morgan fingerprint density at radius 3 is 2.32 bits per heavy atom. The summed E-state index contributed by atoms with van der Waals surface area (Å²) in [6, 6.07) is 8.97. The Kier molecular flexibility index (Phi) is 4.97. The first-order valence-electron chi connectivity index (χ1n) is 7.35. The number of amidine groups is 1. The first kappa shape index (κ1) is 14.1. The third-order valence-corrected chi connectivity index (χ3v) is 3.87. The van der Waals surface area contributed by atoms with Gasteiger partial charge in [-0.15, -0.1) is 0 Å². The second kappa shape index (κ2) is 6.71. The minimum atomic E-state index is 0.435. The van der Waals surface area contributed by atoms with E-state index >= 15 is 0 Å². The fourth-order valence-corrected chi connectivity index (χ4v) is 2.61. The van der Waals surface area contributed by atoms with E-state index in [2.05, 4.69) is 43.5 Å². The van der Waals surface area contributed by atoms with Gasteiger partial charge in [0.2, 0.25) is 0 Å². The molecular weight excluding hydrogens is 234 g/mol. The zero-order chi connectivity index (χ0) is 13.7. The van der Waals surface area contributed by atoms with Crippen LogP contribution in [0.1, 0.15) is 63.0 Å². The minimum Gasteiger partial charge on any atom is -0.308 e. The molecule has 1 fully saturated rings. The zero-order valence-electron chi connectivity index (χ0n) is 12.0. The Morgan fingerprint density at radius 1 is 1.16 bits per heavy atom. The summed E-state index contributed by atoms with van der Waals surface area (Å²) in [6.45, 7) is 4.40. The largest absolute Gasteiger partial charge is 0.308 e. The number of rotatable bonds is 3. The van der Waals surface area contributed by atoms with Crippen LogP contribution in [0.4, 0.5) is 0 Å². The molecule has 0 aromatic heterocycles. The van der Waals surface area contributed by atoms with E-state index < -0.39 is 0 Å².